The van der Waals surface area contributed by atoms with Crippen LogP contribution in [0, 0.1) is 11.8 Å². The average molecular weight is 333 g/mol. The van der Waals surface area contributed by atoms with Crippen molar-refractivity contribution in [1.29, 1.82) is 0 Å². The molecule has 1 amide bonds. The lowest BCUT2D eigenvalue weighted by atomic mass is 9.87. The lowest BCUT2D eigenvalue weighted by molar-refractivity contribution is -0.153. The van der Waals surface area contributed by atoms with E-state index in [4.69, 9.17) is 9.47 Å². The van der Waals surface area contributed by atoms with E-state index >= 15 is 0 Å². The van der Waals surface area contributed by atoms with Crippen molar-refractivity contribution in [1.82, 2.24) is 4.90 Å². The van der Waals surface area contributed by atoms with Gasteiger partial charge in [0.25, 0.3) is 0 Å². The van der Waals surface area contributed by atoms with E-state index in [1.54, 1.807) is 4.90 Å². The summed E-state index contributed by atoms with van der Waals surface area (Å²) in [5, 5.41) is 0. The smallest absolute Gasteiger partial charge is 0.410 e. The van der Waals surface area contributed by atoms with Crippen molar-refractivity contribution >= 4 is 12.1 Å². The molecule has 2 unspecified atom stereocenters. The molecule has 1 heterocycles. The van der Waals surface area contributed by atoms with Gasteiger partial charge in [0.15, 0.2) is 0 Å². The summed E-state index contributed by atoms with van der Waals surface area (Å²) in [7, 11) is 0. The first kappa shape index (κ1) is 18.3. The average Bonchev–Trinajstić information content (AvgIpc) is 2.52. The van der Waals surface area contributed by atoms with Crippen LogP contribution < -0.4 is 0 Å². The van der Waals surface area contributed by atoms with Gasteiger partial charge in [0.2, 0.25) is 0 Å². The van der Waals surface area contributed by atoms with E-state index in [2.05, 4.69) is 0 Å². The maximum Gasteiger partial charge on any atom is 0.410 e. The minimum Gasteiger partial charge on any atom is -0.461 e. The van der Waals surface area contributed by atoms with Crippen molar-refractivity contribution in [3.8, 4) is 0 Å². The Labute approximate surface area is 143 Å². The first-order chi connectivity index (χ1) is 11.3. The Bertz CT molecular complexity index is 564. The Morgan fingerprint density at radius 1 is 1.21 bits per heavy atom. The molecule has 0 spiro atoms. The van der Waals surface area contributed by atoms with Gasteiger partial charge >= 0.3 is 12.1 Å². The van der Waals surface area contributed by atoms with Gasteiger partial charge in [0.1, 0.15) is 12.2 Å². The lowest BCUT2D eigenvalue weighted by Gasteiger charge is -2.36. The maximum absolute atomic E-state index is 12.3. The zero-order chi connectivity index (χ0) is 17.7. The molecule has 5 nitrogen and oxygen atoms in total. The van der Waals surface area contributed by atoms with Crippen molar-refractivity contribution in [2.75, 3.05) is 13.1 Å². The highest BCUT2D eigenvalue weighted by atomic mass is 16.6. The van der Waals surface area contributed by atoms with Gasteiger partial charge in [-0.05, 0) is 38.7 Å². The third-order valence-electron chi connectivity index (χ3n) is 4.08. The van der Waals surface area contributed by atoms with Crippen LogP contribution >= 0.6 is 0 Å². The van der Waals surface area contributed by atoms with Crippen LogP contribution in [0.2, 0.25) is 0 Å². The highest BCUT2D eigenvalue weighted by Crippen LogP contribution is 2.26. The first-order valence-electron chi connectivity index (χ1n) is 8.45. The normalized spacial score (nSPS) is 21.2. The molecule has 1 aliphatic rings. The molecule has 1 fully saturated rings. The third-order valence-corrected chi connectivity index (χ3v) is 4.08. The van der Waals surface area contributed by atoms with E-state index in [0.717, 1.165) is 5.56 Å². The summed E-state index contributed by atoms with van der Waals surface area (Å²) in [4.78, 5) is 26.1. The van der Waals surface area contributed by atoms with Crippen molar-refractivity contribution in [3.05, 3.63) is 35.9 Å². The van der Waals surface area contributed by atoms with Crippen LogP contribution in [0.1, 0.15) is 39.7 Å². The molecule has 0 saturated carbocycles. The van der Waals surface area contributed by atoms with Crippen molar-refractivity contribution < 1.29 is 19.1 Å². The summed E-state index contributed by atoms with van der Waals surface area (Å²) < 4.78 is 10.8. The predicted octanol–water partition coefficient (Wildman–Crippen LogP) is 3.62. The van der Waals surface area contributed by atoms with Gasteiger partial charge in [-0.1, -0.05) is 37.3 Å². The maximum atomic E-state index is 12.3. The van der Waals surface area contributed by atoms with E-state index in [-0.39, 0.29) is 23.9 Å². The highest BCUT2D eigenvalue weighted by Gasteiger charge is 2.35. The van der Waals surface area contributed by atoms with Gasteiger partial charge in [-0.2, -0.15) is 0 Å². The number of hydrogen-bond donors (Lipinski definition) is 0. The summed E-state index contributed by atoms with van der Waals surface area (Å²) in [6, 6.07) is 9.64. The molecule has 2 atom stereocenters. The SMILES string of the molecule is CC1CN(C(=O)OC(C)(C)C)CCC1C(=O)OCc1ccccc1. The predicted molar refractivity (Wildman–Crippen MR) is 91.3 cm³/mol. The van der Waals surface area contributed by atoms with Crippen LogP contribution in [0.25, 0.3) is 0 Å². The van der Waals surface area contributed by atoms with Gasteiger partial charge in [-0.15, -0.1) is 0 Å². The fourth-order valence-corrected chi connectivity index (χ4v) is 2.82. The summed E-state index contributed by atoms with van der Waals surface area (Å²) in [5.41, 5.74) is 0.468. The quantitative estimate of drug-likeness (QED) is 0.793. The number of rotatable bonds is 3. The highest BCUT2D eigenvalue weighted by molar-refractivity contribution is 5.74. The first-order valence-corrected chi connectivity index (χ1v) is 8.45. The number of amides is 1. The second-order valence-corrected chi connectivity index (χ2v) is 7.39. The Morgan fingerprint density at radius 3 is 2.46 bits per heavy atom. The van der Waals surface area contributed by atoms with E-state index in [9.17, 15) is 9.59 Å². The van der Waals surface area contributed by atoms with E-state index < -0.39 is 5.60 Å². The molecule has 0 aliphatic carbocycles. The van der Waals surface area contributed by atoms with E-state index in [1.165, 1.54) is 0 Å². The molecule has 1 aromatic carbocycles. The molecular formula is C19H27NO4. The van der Waals surface area contributed by atoms with Crippen molar-refractivity contribution in [2.24, 2.45) is 11.8 Å². The summed E-state index contributed by atoms with van der Waals surface area (Å²) in [6.45, 7) is 8.85. The Hall–Kier alpha value is -2.04. The molecule has 0 aromatic heterocycles. The number of nitrogens with zero attached hydrogens (tertiary/aromatic N) is 1. The Kier molecular flexibility index (Phi) is 5.86. The molecular weight excluding hydrogens is 306 g/mol. The molecule has 5 heteroatoms. The van der Waals surface area contributed by atoms with Crippen molar-refractivity contribution in [2.45, 2.75) is 46.3 Å². The zero-order valence-corrected chi connectivity index (χ0v) is 15.0. The standard InChI is InChI=1S/C19H27NO4/c1-14-12-20(18(22)24-19(2,3)4)11-10-16(14)17(21)23-13-15-8-6-5-7-9-15/h5-9,14,16H,10-13H2,1-4H3. The molecule has 24 heavy (non-hydrogen) atoms. The molecule has 132 valence electrons. The van der Waals surface area contributed by atoms with Gasteiger partial charge in [-0.25, -0.2) is 4.79 Å². The lowest BCUT2D eigenvalue weighted by Crippen LogP contribution is -2.47. The number of hydrogen-bond acceptors (Lipinski definition) is 4. The monoisotopic (exact) mass is 333 g/mol. The molecule has 0 bridgehead atoms. The van der Waals surface area contributed by atoms with Crippen molar-refractivity contribution in [3.63, 3.8) is 0 Å². The molecule has 0 N–H and O–H groups in total. The van der Waals surface area contributed by atoms with E-state index in [1.807, 2.05) is 58.0 Å². The van der Waals surface area contributed by atoms with Crippen LogP contribution in [0.4, 0.5) is 4.79 Å². The van der Waals surface area contributed by atoms with Crippen LogP contribution in [0.15, 0.2) is 30.3 Å². The number of esters is 1. The molecule has 2 rings (SSSR count). The molecule has 1 aliphatic heterocycles. The van der Waals surface area contributed by atoms with Gasteiger partial charge in [0.05, 0.1) is 5.92 Å². The number of likely N-dealkylation sites (tertiary alicyclic amines) is 1. The Morgan fingerprint density at radius 2 is 1.88 bits per heavy atom. The second-order valence-electron chi connectivity index (χ2n) is 7.39. The minimum absolute atomic E-state index is 0.0505. The number of carbonyl (C=O) groups excluding carboxylic acids is 2. The molecule has 0 radical (unpaired) electrons. The van der Waals surface area contributed by atoms with Crippen LogP contribution in [0.5, 0.6) is 0 Å². The summed E-state index contributed by atoms with van der Waals surface area (Å²) in [6.07, 6.45) is 0.291. The number of piperidine rings is 1. The van der Waals surface area contributed by atoms with Crippen LogP contribution in [-0.2, 0) is 20.9 Å². The van der Waals surface area contributed by atoms with Crippen LogP contribution in [0.3, 0.4) is 0 Å². The number of ether oxygens (including phenoxy) is 2. The van der Waals surface area contributed by atoms with Gasteiger partial charge in [-0.3, -0.25) is 4.79 Å². The summed E-state index contributed by atoms with van der Waals surface area (Å²) >= 11 is 0. The largest absolute Gasteiger partial charge is 0.461 e. The van der Waals surface area contributed by atoms with E-state index in [0.29, 0.717) is 26.1 Å². The third kappa shape index (κ3) is 5.25. The van der Waals surface area contributed by atoms with Crippen LogP contribution in [-0.4, -0.2) is 35.7 Å². The Balaban J connectivity index is 1.84. The second kappa shape index (κ2) is 7.69. The van der Waals surface area contributed by atoms with Gasteiger partial charge < -0.3 is 14.4 Å². The molecule has 1 saturated heterocycles. The number of carbonyl (C=O) groups is 2. The summed E-state index contributed by atoms with van der Waals surface area (Å²) in [5.74, 6) is -0.308. The fourth-order valence-electron chi connectivity index (χ4n) is 2.82. The van der Waals surface area contributed by atoms with Gasteiger partial charge in [0, 0.05) is 13.1 Å². The zero-order valence-electron chi connectivity index (χ0n) is 15.0. The fraction of sp³-hybridized carbons (Fsp3) is 0.579. The minimum atomic E-state index is -0.508. The molecule has 1 aromatic rings. The number of benzene rings is 1. The topological polar surface area (TPSA) is 55.8 Å².